The minimum Gasteiger partial charge on any atom is -0.312 e. The normalized spacial score (nSPS) is 13.7. The number of thioether (sulfide) groups is 1. The fourth-order valence-corrected chi connectivity index (χ4v) is 2.34. The average molecular weight is 273 g/mol. The van der Waals surface area contributed by atoms with Crippen LogP contribution in [0.15, 0.2) is 23.1 Å². The molecule has 1 atom stereocenters. The van der Waals surface area contributed by atoms with E-state index >= 15 is 0 Å². The Bertz CT molecular complexity index is 388. The van der Waals surface area contributed by atoms with Gasteiger partial charge >= 0.3 is 0 Å². The summed E-state index contributed by atoms with van der Waals surface area (Å²) < 4.78 is 26.4. The molecule has 0 aromatic heterocycles. The van der Waals surface area contributed by atoms with Crippen molar-refractivity contribution in [2.45, 2.75) is 38.1 Å². The number of benzene rings is 1. The number of hydrogen-bond donors (Lipinski definition) is 1. The van der Waals surface area contributed by atoms with E-state index in [-0.39, 0.29) is 17.2 Å². The lowest BCUT2D eigenvalue weighted by atomic mass is 10.1. The van der Waals surface area contributed by atoms with E-state index in [9.17, 15) is 8.78 Å². The summed E-state index contributed by atoms with van der Waals surface area (Å²) in [7, 11) is 0. The molecule has 1 nitrogen and oxygen atoms in total. The van der Waals surface area contributed by atoms with Crippen molar-refractivity contribution in [1.29, 1.82) is 0 Å². The van der Waals surface area contributed by atoms with Crippen molar-refractivity contribution >= 4 is 11.8 Å². The lowest BCUT2D eigenvalue weighted by molar-refractivity contribution is 0.395. The summed E-state index contributed by atoms with van der Waals surface area (Å²) in [4.78, 5) is 0.387. The first kappa shape index (κ1) is 15.4. The lowest BCUT2D eigenvalue weighted by Crippen LogP contribution is -2.39. The third kappa shape index (κ3) is 5.83. The summed E-state index contributed by atoms with van der Waals surface area (Å²) in [6.45, 7) is 9.30. The molecular weight excluding hydrogens is 252 g/mol. The number of hydrogen-bond acceptors (Lipinski definition) is 2. The van der Waals surface area contributed by atoms with Gasteiger partial charge in [-0.1, -0.05) is 6.92 Å². The summed E-state index contributed by atoms with van der Waals surface area (Å²) in [6.07, 6.45) is 0. The Morgan fingerprint density at radius 3 is 2.56 bits per heavy atom. The Kier molecular flexibility index (Phi) is 5.60. The summed E-state index contributed by atoms with van der Waals surface area (Å²) >= 11 is 1.36. The zero-order valence-corrected chi connectivity index (χ0v) is 12.2. The number of nitrogens with one attached hydrogen (secondary N) is 1. The molecule has 0 amide bonds. The third-order valence-corrected chi connectivity index (χ3v) is 3.76. The van der Waals surface area contributed by atoms with Crippen LogP contribution in [0.25, 0.3) is 0 Å². The fourth-order valence-electron chi connectivity index (χ4n) is 1.36. The highest BCUT2D eigenvalue weighted by molar-refractivity contribution is 7.99. The van der Waals surface area contributed by atoms with Crippen LogP contribution < -0.4 is 5.32 Å². The first-order valence-corrected chi connectivity index (χ1v) is 7.09. The van der Waals surface area contributed by atoms with Crippen molar-refractivity contribution in [2.24, 2.45) is 5.92 Å². The van der Waals surface area contributed by atoms with Crippen molar-refractivity contribution in [3.05, 3.63) is 29.8 Å². The van der Waals surface area contributed by atoms with E-state index in [1.165, 1.54) is 23.9 Å². The molecule has 0 bridgehead atoms. The maximum absolute atomic E-state index is 13.4. The van der Waals surface area contributed by atoms with Crippen LogP contribution in [0, 0.1) is 17.6 Å². The van der Waals surface area contributed by atoms with Crippen LogP contribution in [0.3, 0.4) is 0 Å². The van der Waals surface area contributed by atoms with Gasteiger partial charge in [0.2, 0.25) is 0 Å². The van der Waals surface area contributed by atoms with E-state index in [0.717, 1.165) is 18.4 Å². The van der Waals surface area contributed by atoms with Crippen molar-refractivity contribution in [2.75, 3.05) is 12.3 Å². The Balaban J connectivity index is 2.42. The van der Waals surface area contributed by atoms with Crippen LogP contribution in [-0.2, 0) is 0 Å². The Morgan fingerprint density at radius 1 is 1.28 bits per heavy atom. The molecule has 0 fully saturated rings. The maximum atomic E-state index is 13.4. The lowest BCUT2D eigenvalue weighted by Gasteiger charge is -2.23. The second-order valence-corrected chi connectivity index (χ2v) is 6.68. The second-order valence-electron chi connectivity index (χ2n) is 5.62. The molecule has 102 valence electrons. The van der Waals surface area contributed by atoms with Gasteiger partial charge in [0.05, 0.1) is 0 Å². The molecule has 0 heterocycles. The summed E-state index contributed by atoms with van der Waals surface area (Å²) in [6, 6.07) is 3.57. The quantitative estimate of drug-likeness (QED) is 0.811. The predicted octanol–water partition coefficient (Wildman–Crippen LogP) is 4.08. The SMILES string of the molecule is CC(CNC(C)(C)C)CSc1cc(F)ccc1F. The van der Waals surface area contributed by atoms with Crippen molar-refractivity contribution in [3.63, 3.8) is 0 Å². The van der Waals surface area contributed by atoms with Gasteiger partial charge in [-0.25, -0.2) is 8.78 Å². The average Bonchev–Trinajstić information content (AvgIpc) is 2.26. The molecular formula is C14H21F2NS. The molecule has 18 heavy (non-hydrogen) atoms. The standard InChI is InChI=1S/C14H21F2NS/c1-10(8-17-14(2,3)4)9-18-13-7-11(15)5-6-12(13)16/h5-7,10,17H,8-9H2,1-4H3. The molecule has 0 aliphatic carbocycles. The molecule has 1 rings (SSSR count). The highest BCUT2D eigenvalue weighted by Gasteiger charge is 2.12. The molecule has 0 aliphatic rings. The Morgan fingerprint density at radius 2 is 1.94 bits per heavy atom. The minimum atomic E-state index is -0.389. The number of rotatable bonds is 5. The molecule has 0 saturated carbocycles. The first-order valence-electron chi connectivity index (χ1n) is 6.11. The second kappa shape index (κ2) is 6.53. The van der Waals surface area contributed by atoms with Gasteiger partial charge in [0.15, 0.2) is 0 Å². The zero-order chi connectivity index (χ0) is 13.8. The zero-order valence-electron chi connectivity index (χ0n) is 11.4. The van der Waals surface area contributed by atoms with E-state index in [4.69, 9.17) is 0 Å². The third-order valence-electron chi connectivity index (χ3n) is 2.40. The van der Waals surface area contributed by atoms with Gasteiger partial charge in [-0.3, -0.25) is 0 Å². The van der Waals surface area contributed by atoms with Gasteiger partial charge in [-0.2, -0.15) is 0 Å². The first-order chi connectivity index (χ1) is 8.28. The van der Waals surface area contributed by atoms with Crippen LogP contribution in [-0.4, -0.2) is 17.8 Å². The van der Waals surface area contributed by atoms with Crippen molar-refractivity contribution in [1.82, 2.24) is 5.32 Å². The molecule has 0 spiro atoms. The molecule has 4 heteroatoms. The van der Waals surface area contributed by atoms with Crippen LogP contribution in [0.5, 0.6) is 0 Å². The van der Waals surface area contributed by atoms with Crippen LogP contribution in [0.1, 0.15) is 27.7 Å². The van der Waals surface area contributed by atoms with Crippen LogP contribution in [0.4, 0.5) is 8.78 Å². The highest BCUT2D eigenvalue weighted by atomic mass is 32.2. The summed E-state index contributed by atoms with van der Waals surface area (Å²) in [5, 5.41) is 3.40. The fraction of sp³-hybridized carbons (Fsp3) is 0.571. The van der Waals surface area contributed by atoms with Crippen LogP contribution in [0.2, 0.25) is 0 Å². The van der Waals surface area contributed by atoms with E-state index in [1.807, 2.05) is 0 Å². The molecule has 1 unspecified atom stereocenters. The Hall–Kier alpha value is -0.610. The molecule has 1 N–H and O–H groups in total. The van der Waals surface area contributed by atoms with E-state index in [2.05, 4.69) is 33.0 Å². The minimum absolute atomic E-state index is 0.0863. The smallest absolute Gasteiger partial charge is 0.136 e. The van der Waals surface area contributed by atoms with Gasteiger partial charge in [0.1, 0.15) is 11.6 Å². The molecule has 0 radical (unpaired) electrons. The van der Waals surface area contributed by atoms with Gasteiger partial charge in [-0.05, 0) is 51.4 Å². The maximum Gasteiger partial charge on any atom is 0.136 e. The van der Waals surface area contributed by atoms with E-state index in [1.54, 1.807) is 0 Å². The van der Waals surface area contributed by atoms with Gasteiger partial charge < -0.3 is 5.32 Å². The van der Waals surface area contributed by atoms with Gasteiger partial charge in [0.25, 0.3) is 0 Å². The number of halogens is 2. The van der Waals surface area contributed by atoms with Crippen molar-refractivity contribution < 1.29 is 8.78 Å². The topological polar surface area (TPSA) is 12.0 Å². The van der Waals surface area contributed by atoms with Gasteiger partial charge in [-0.15, -0.1) is 11.8 Å². The summed E-state index contributed by atoms with van der Waals surface area (Å²) in [5.74, 6) is 0.428. The van der Waals surface area contributed by atoms with E-state index in [0.29, 0.717) is 10.8 Å². The largest absolute Gasteiger partial charge is 0.312 e. The summed E-state index contributed by atoms with van der Waals surface area (Å²) in [5.41, 5.74) is 0.0863. The molecule has 0 saturated heterocycles. The molecule has 1 aromatic rings. The van der Waals surface area contributed by atoms with Gasteiger partial charge in [0, 0.05) is 16.2 Å². The molecule has 1 aromatic carbocycles. The predicted molar refractivity (Wildman–Crippen MR) is 74.0 cm³/mol. The Labute approximate surface area is 112 Å². The highest BCUT2D eigenvalue weighted by Crippen LogP contribution is 2.24. The molecule has 0 aliphatic heterocycles. The van der Waals surface area contributed by atoms with Crippen molar-refractivity contribution in [3.8, 4) is 0 Å². The monoisotopic (exact) mass is 273 g/mol. The van der Waals surface area contributed by atoms with Crippen LogP contribution >= 0.6 is 11.8 Å². The van der Waals surface area contributed by atoms with E-state index < -0.39 is 0 Å².